The van der Waals surface area contributed by atoms with E-state index in [0.29, 0.717) is 17.9 Å². The number of rotatable bonds is 4. The van der Waals surface area contributed by atoms with Crippen molar-refractivity contribution in [3.05, 3.63) is 58.2 Å². The number of amides is 1. The molecule has 4 nitrogen and oxygen atoms in total. The molecule has 5 heteroatoms. The molecule has 0 unspecified atom stereocenters. The van der Waals surface area contributed by atoms with Crippen molar-refractivity contribution in [1.82, 2.24) is 4.98 Å². The van der Waals surface area contributed by atoms with Gasteiger partial charge in [0.25, 0.3) is 0 Å². The van der Waals surface area contributed by atoms with Gasteiger partial charge in [0.1, 0.15) is 5.75 Å². The Morgan fingerprint density at radius 3 is 2.83 bits per heavy atom. The van der Waals surface area contributed by atoms with Crippen LogP contribution < -0.4 is 10.1 Å². The van der Waals surface area contributed by atoms with Crippen LogP contribution in [0.5, 0.6) is 5.75 Å². The lowest BCUT2D eigenvalue weighted by molar-refractivity contribution is -0.115. The fourth-order valence-corrected chi connectivity index (χ4v) is 3.05. The zero-order valence-electron chi connectivity index (χ0n) is 12.9. The van der Waals surface area contributed by atoms with Crippen LogP contribution in [0.1, 0.15) is 11.3 Å². The summed E-state index contributed by atoms with van der Waals surface area (Å²) in [6, 6.07) is 13.4. The Morgan fingerprint density at radius 2 is 2.04 bits per heavy atom. The summed E-state index contributed by atoms with van der Waals surface area (Å²) in [5, 5.41) is 3.98. The predicted molar refractivity (Wildman–Crippen MR) is 96.1 cm³/mol. The fourth-order valence-electron chi connectivity index (χ4n) is 2.69. The van der Waals surface area contributed by atoms with E-state index in [-0.39, 0.29) is 5.91 Å². The van der Waals surface area contributed by atoms with Crippen LogP contribution in [-0.4, -0.2) is 18.0 Å². The molecule has 0 aliphatic carbocycles. The lowest BCUT2D eigenvalue weighted by atomic mass is 10.1. The van der Waals surface area contributed by atoms with Gasteiger partial charge in [-0.2, -0.15) is 0 Å². The van der Waals surface area contributed by atoms with Crippen molar-refractivity contribution in [2.75, 3.05) is 12.4 Å². The molecule has 0 aliphatic heterocycles. The number of nitrogens with one attached hydrogen (secondary N) is 2. The van der Waals surface area contributed by atoms with Gasteiger partial charge < -0.3 is 15.0 Å². The molecule has 0 spiro atoms. The topological polar surface area (TPSA) is 54.1 Å². The number of benzene rings is 2. The largest absolute Gasteiger partial charge is 0.495 e. The van der Waals surface area contributed by atoms with E-state index in [1.54, 1.807) is 7.11 Å². The third kappa shape index (κ3) is 3.24. The normalized spacial score (nSPS) is 10.7. The van der Waals surface area contributed by atoms with Gasteiger partial charge in [-0.05, 0) is 42.8 Å². The number of aromatic nitrogens is 1. The maximum atomic E-state index is 12.4. The first kappa shape index (κ1) is 15.6. The highest BCUT2D eigenvalue weighted by Gasteiger charge is 2.14. The summed E-state index contributed by atoms with van der Waals surface area (Å²) >= 11 is 3.48. The number of hydrogen-bond acceptors (Lipinski definition) is 2. The molecule has 0 aliphatic rings. The lowest BCUT2D eigenvalue weighted by Crippen LogP contribution is -2.15. The zero-order valence-corrected chi connectivity index (χ0v) is 14.5. The summed E-state index contributed by atoms with van der Waals surface area (Å²) in [4.78, 5) is 15.8. The van der Waals surface area contributed by atoms with E-state index in [4.69, 9.17) is 4.74 Å². The molecule has 0 atom stereocenters. The molecule has 1 aromatic heterocycles. The first-order chi connectivity index (χ1) is 11.1. The van der Waals surface area contributed by atoms with Crippen LogP contribution >= 0.6 is 15.9 Å². The molecule has 23 heavy (non-hydrogen) atoms. The molecule has 2 aromatic carbocycles. The van der Waals surface area contributed by atoms with Crippen LogP contribution in [0.15, 0.2) is 46.9 Å². The molecule has 0 bridgehead atoms. The zero-order chi connectivity index (χ0) is 16.4. The number of hydrogen-bond donors (Lipinski definition) is 2. The van der Waals surface area contributed by atoms with Gasteiger partial charge in [0.15, 0.2) is 0 Å². The molecule has 0 saturated heterocycles. The molecule has 118 valence electrons. The van der Waals surface area contributed by atoms with Crippen molar-refractivity contribution in [3.8, 4) is 5.75 Å². The maximum absolute atomic E-state index is 12.4. The van der Waals surface area contributed by atoms with Crippen molar-refractivity contribution in [2.24, 2.45) is 0 Å². The molecule has 1 amide bonds. The molecule has 2 N–H and O–H groups in total. The molecular weight excluding hydrogens is 356 g/mol. The van der Waals surface area contributed by atoms with E-state index in [2.05, 4.69) is 26.2 Å². The van der Waals surface area contributed by atoms with Crippen LogP contribution in [0.2, 0.25) is 0 Å². The van der Waals surface area contributed by atoms with Crippen LogP contribution in [0, 0.1) is 6.92 Å². The third-order valence-corrected chi connectivity index (χ3v) is 4.29. The van der Waals surface area contributed by atoms with Crippen LogP contribution in [0.4, 0.5) is 5.69 Å². The SMILES string of the molecule is COc1ccccc1NC(=O)Cc1c(C)[nH]c2ccc(Br)cc12. The third-order valence-electron chi connectivity index (χ3n) is 3.80. The Bertz CT molecular complexity index is 871. The summed E-state index contributed by atoms with van der Waals surface area (Å²) in [6.07, 6.45) is 0.306. The minimum absolute atomic E-state index is 0.0709. The summed E-state index contributed by atoms with van der Waals surface area (Å²) in [6.45, 7) is 1.99. The first-order valence-electron chi connectivity index (χ1n) is 7.28. The summed E-state index contributed by atoms with van der Waals surface area (Å²) in [7, 11) is 1.59. The smallest absolute Gasteiger partial charge is 0.228 e. The Labute approximate surface area is 143 Å². The van der Waals surface area contributed by atoms with Gasteiger partial charge in [0.2, 0.25) is 5.91 Å². The number of para-hydroxylation sites is 2. The number of H-pyrrole nitrogens is 1. The minimum atomic E-state index is -0.0709. The highest BCUT2D eigenvalue weighted by atomic mass is 79.9. The van der Waals surface area contributed by atoms with E-state index in [0.717, 1.165) is 26.6 Å². The number of aromatic amines is 1. The van der Waals surface area contributed by atoms with Crippen molar-refractivity contribution in [3.63, 3.8) is 0 Å². The van der Waals surface area contributed by atoms with E-state index >= 15 is 0 Å². The van der Waals surface area contributed by atoms with Gasteiger partial charge in [-0.1, -0.05) is 28.1 Å². The highest BCUT2D eigenvalue weighted by Crippen LogP contribution is 2.27. The number of carbonyl (C=O) groups is 1. The van der Waals surface area contributed by atoms with E-state index in [9.17, 15) is 4.79 Å². The van der Waals surface area contributed by atoms with Crippen molar-refractivity contribution in [1.29, 1.82) is 0 Å². The second kappa shape index (κ2) is 6.46. The number of carbonyl (C=O) groups excluding carboxylic acids is 1. The van der Waals surface area contributed by atoms with Gasteiger partial charge in [-0.25, -0.2) is 0 Å². The first-order valence-corrected chi connectivity index (χ1v) is 8.07. The number of methoxy groups -OCH3 is 1. The summed E-state index contributed by atoms with van der Waals surface area (Å²) in [5.41, 5.74) is 3.73. The molecule has 3 rings (SSSR count). The van der Waals surface area contributed by atoms with Gasteiger partial charge in [0, 0.05) is 21.1 Å². The molecule has 1 heterocycles. The number of aryl methyl sites for hydroxylation is 1. The quantitative estimate of drug-likeness (QED) is 0.711. The van der Waals surface area contributed by atoms with Gasteiger partial charge in [-0.15, -0.1) is 0 Å². The average molecular weight is 373 g/mol. The second-order valence-corrected chi connectivity index (χ2v) is 6.26. The standard InChI is InChI=1S/C18H17BrN2O2/c1-11-13(14-9-12(19)7-8-15(14)20-11)10-18(22)21-16-5-3-4-6-17(16)23-2/h3-9,20H,10H2,1-2H3,(H,21,22). The van der Waals surface area contributed by atoms with Crippen LogP contribution in [0.25, 0.3) is 10.9 Å². The summed E-state index contributed by atoms with van der Waals surface area (Å²) < 4.78 is 6.26. The Kier molecular flexibility index (Phi) is 4.39. The summed E-state index contributed by atoms with van der Waals surface area (Å²) in [5.74, 6) is 0.581. The monoisotopic (exact) mass is 372 g/mol. The molecular formula is C18H17BrN2O2. The molecule has 0 radical (unpaired) electrons. The van der Waals surface area contributed by atoms with Crippen molar-refractivity contribution in [2.45, 2.75) is 13.3 Å². The molecule has 3 aromatic rings. The van der Waals surface area contributed by atoms with Gasteiger partial charge >= 0.3 is 0 Å². The Balaban J connectivity index is 1.86. The fraction of sp³-hybridized carbons (Fsp3) is 0.167. The van der Waals surface area contributed by atoms with Crippen molar-refractivity contribution >= 4 is 38.4 Å². The second-order valence-electron chi connectivity index (χ2n) is 5.34. The lowest BCUT2D eigenvalue weighted by Gasteiger charge is -2.10. The van der Waals surface area contributed by atoms with E-state index in [1.807, 2.05) is 49.4 Å². The minimum Gasteiger partial charge on any atom is -0.495 e. The van der Waals surface area contributed by atoms with E-state index < -0.39 is 0 Å². The molecule has 0 saturated carbocycles. The number of halogens is 1. The van der Waals surface area contributed by atoms with Gasteiger partial charge in [0.05, 0.1) is 19.2 Å². The number of fused-ring (bicyclic) bond motifs is 1. The predicted octanol–water partition coefficient (Wildman–Crippen LogP) is 4.43. The highest BCUT2D eigenvalue weighted by molar-refractivity contribution is 9.10. The maximum Gasteiger partial charge on any atom is 0.228 e. The van der Waals surface area contributed by atoms with Crippen molar-refractivity contribution < 1.29 is 9.53 Å². The van der Waals surface area contributed by atoms with E-state index in [1.165, 1.54) is 0 Å². The van der Waals surface area contributed by atoms with Crippen LogP contribution in [0.3, 0.4) is 0 Å². The van der Waals surface area contributed by atoms with Crippen LogP contribution in [-0.2, 0) is 11.2 Å². The number of ether oxygens (including phenoxy) is 1. The number of anilines is 1. The molecule has 0 fully saturated rings. The Hall–Kier alpha value is -2.27. The average Bonchev–Trinajstić information content (AvgIpc) is 2.83. The van der Waals surface area contributed by atoms with Gasteiger partial charge in [-0.3, -0.25) is 4.79 Å². The Morgan fingerprint density at radius 1 is 1.26 bits per heavy atom.